The maximum absolute atomic E-state index is 12.0. The lowest BCUT2D eigenvalue weighted by Crippen LogP contribution is -2.14. The number of nitro benzene ring substituents is 1. The number of rotatable bonds is 5. The van der Waals surface area contributed by atoms with Gasteiger partial charge in [-0.15, -0.1) is 0 Å². The second-order valence-corrected chi connectivity index (χ2v) is 5.99. The van der Waals surface area contributed by atoms with Crippen LogP contribution in [0, 0.1) is 20.2 Å². The van der Waals surface area contributed by atoms with Crippen molar-refractivity contribution in [1.82, 2.24) is 0 Å². The van der Waals surface area contributed by atoms with Gasteiger partial charge in [-0.3, -0.25) is 20.2 Å². The van der Waals surface area contributed by atoms with Crippen molar-refractivity contribution in [2.45, 2.75) is 13.2 Å². The standard InChI is InChI=1S/C14H10N2O8S/c17-14(11-1-2-12(25-11)16(20)21)23-6-9-4-10(15(18)19)3-8-5-22-7-24-13(8)9/h1-4H,5-7H2. The Hall–Kier alpha value is -3.05. The first-order valence-corrected chi connectivity index (χ1v) is 7.69. The zero-order valence-electron chi connectivity index (χ0n) is 12.5. The number of thiophene rings is 1. The van der Waals surface area contributed by atoms with Gasteiger partial charge in [0.1, 0.15) is 17.2 Å². The number of carbonyl (C=O) groups excluding carboxylic acids is 1. The third kappa shape index (κ3) is 3.56. The molecule has 0 fully saturated rings. The fourth-order valence-electron chi connectivity index (χ4n) is 2.24. The number of nitro groups is 2. The van der Waals surface area contributed by atoms with Crippen LogP contribution in [-0.2, 0) is 22.7 Å². The number of carbonyl (C=O) groups is 1. The summed E-state index contributed by atoms with van der Waals surface area (Å²) in [4.78, 5) is 32.6. The van der Waals surface area contributed by atoms with Crippen LogP contribution < -0.4 is 4.74 Å². The molecule has 0 N–H and O–H groups in total. The summed E-state index contributed by atoms with van der Waals surface area (Å²) >= 11 is 0.688. The minimum absolute atomic E-state index is 0.0110. The van der Waals surface area contributed by atoms with Gasteiger partial charge in [0.15, 0.2) is 6.79 Å². The minimum Gasteiger partial charge on any atom is -0.467 e. The van der Waals surface area contributed by atoms with Crippen LogP contribution in [0.5, 0.6) is 5.75 Å². The fraction of sp³-hybridized carbons (Fsp3) is 0.214. The predicted octanol–water partition coefficient (Wildman–Crippen LogP) is 2.79. The highest BCUT2D eigenvalue weighted by Crippen LogP contribution is 2.33. The summed E-state index contributed by atoms with van der Waals surface area (Å²) in [5.41, 5.74) is 0.635. The van der Waals surface area contributed by atoms with Crippen molar-refractivity contribution in [2.75, 3.05) is 6.79 Å². The maximum atomic E-state index is 12.0. The lowest BCUT2D eigenvalue weighted by molar-refractivity contribution is -0.385. The predicted molar refractivity (Wildman–Crippen MR) is 83.5 cm³/mol. The summed E-state index contributed by atoms with van der Waals surface area (Å²) in [6.45, 7) is -0.132. The van der Waals surface area contributed by atoms with E-state index >= 15 is 0 Å². The van der Waals surface area contributed by atoms with E-state index in [1.807, 2.05) is 0 Å². The van der Waals surface area contributed by atoms with E-state index in [0.29, 0.717) is 28.2 Å². The Labute approximate surface area is 143 Å². The molecule has 0 radical (unpaired) electrons. The van der Waals surface area contributed by atoms with Gasteiger partial charge < -0.3 is 14.2 Å². The molecule has 1 aliphatic rings. The van der Waals surface area contributed by atoms with Gasteiger partial charge in [-0.25, -0.2) is 4.79 Å². The second kappa shape index (κ2) is 6.83. The molecule has 1 aliphatic heterocycles. The van der Waals surface area contributed by atoms with Crippen molar-refractivity contribution in [3.63, 3.8) is 0 Å². The van der Waals surface area contributed by atoms with Gasteiger partial charge >= 0.3 is 11.0 Å². The average Bonchev–Trinajstić information content (AvgIpc) is 3.09. The molecule has 0 unspecified atom stereocenters. The van der Waals surface area contributed by atoms with Gasteiger partial charge in [-0.2, -0.15) is 0 Å². The Morgan fingerprint density at radius 3 is 2.72 bits per heavy atom. The number of esters is 1. The highest BCUT2D eigenvalue weighted by molar-refractivity contribution is 7.17. The Morgan fingerprint density at radius 2 is 2.04 bits per heavy atom. The molecule has 0 spiro atoms. The third-order valence-electron chi connectivity index (χ3n) is 3.31. The van der Waals surface area contributed by atoms with Crippen molar-refractivity contribution in [1.29, 1.82) is 0 Å². The van der Waals surface area contributed by atoms with Gasteiger partial charge in [-0.05, 0) is 6.07 Å². The summed E-state index contributed by atoms with van der Waals surface area (Å²) in [5.74, 6) is -0.382. The smallest absolute Gasteiger partial charge is 0.348 e. The monoisotopic (exact) mass is 366 g/mol. The van der Waals surface area contributed by atoms with Crippen molar-refractivity contribution in [3.05, 3.63) is 60.5 Å². The molecule has 2 aromatic rings. The number of ether oxygens (including phenoxy) is 3. The summed E-state index contributed by atoms with van der Waals surface area (Å²) in [5, 5.41) is 21.5. The Kier molecular flexibility index (Phi) is 4.59. The molecule has 11 heteroatoms. The highest BCUT2D eigenvalue weighted by Gasteiger charge is 2.23. The molecule has 0 saturated carbocycles. The highest BCUT2D eigenvalue weighted by atomic mass is 32.1. The lowest BCUT2D eigenvalue weighted by atomic mass is 10.1. The maximum Gasteiger partial charge on any atom is 0.348 e. The molecule has 0 amide bonds. The SMILES string of the molecule is O=C(OCc1cc([N+](=O)[O-])cc2c1OCOC2)c1ccc([N+](=O)[O-])s1. The summed E-state index contributed by atoms with van der Waals surface area (Å²) in [6, 6.07) is 5.09. The van der Waals surface area contributed by atoms with Gasteiger partial charge in [0.25, 0.3) is 5.69 Å². The van der Waals surface area contributed by atoms with E-state index in [9.17, 15) is 25.0 Å². The van der Waals surface area contributed by atoms with Gasteiger partial charge in [-0.1, -0.05) is 11.3 Å². The van der Waals surface area contributed by atoms with Crippen LogP contribution in [0.1, 0.15) is 20.8 Å². The van der Waals surface area contributed by atoms with E-state index in [2.05, 4.69) is 0 Å². The number of hydrogen-bond acceptors (Lipinski definition) is 9. The van der Waals surface area contributed by atoms with Crippen molar-refractivity contribution < 1.29 is 28.9 Å². The number of benzene rings is 1. The lowest BCUT2D eigenvalue weighted by Gasteiger charge is -2.20. The van der Waals surface area contributed by atoms with Crippen LogP contribution in [0.2, 0.25) is 0 Å². The van der Waals surface area contributed by atoms with Gasteiger partial charge in [0, 0.05) is 29.3 Å². The van der Waals surface area contributed by atoms with Crippen LogP contribution in [-0.4, -0.2) is 22.6 Å². The minimum atomic E-state index is -0.759. The van der Waals surface area contributed by atoms with Crippen molar-refractivity contribution in [3.8, 4) is 5.75 Å². The number of fused-ring (bicyclic) bond motifs is 1. The molecular formula is C14H10N2O8S. The number of non-ortho nitro benzene ring substituents is 1. The van der Waals surface area contributed by atoms with Crippen LogP contribution in [0.4, 0.5) is 10.7 Å². The fourth-order valence-corrected chi connectivity index (χ4v) is 2.96. The van der Waals surface area contributed by atoms with Crippen molar-refractivity contribution >= 4 is 28.0 Å². The Morgan fingerprint density at radius 1 is 1.24 bits per heavy atom. The van der Waals surface area contributed by atoms with E-state index in [0.717, 1.165) is 0 Å². The first kappa shape index (κ1) is 16.8. The molecule has 0 bridgehead atoms. The summed E-state index contributed by atoms with van der Waals surface area (Å²) in [6.07, 6.45) is 0. The van der Waals surface area contributed by atoms with E-state index in [1.54, 1.807) is 0 Å². The van der Waals surface area contributed by atoms with Crippen LogP contribution >= 0.6 is 11.3 Å². The molecule has 1 aromatic carbocycles. The van der Waals surface area contributed by atoms with E-state index < -0.39 is 15.8 Å². The topological polar surface area (TPSA) is 131 Å². The summed E-state index contributed by atoms with van der Waals surface area (Å²) in [7, 11) is 0. The molecular weight excluding hydrogens is 356 g/mol. The Bertz CT molecular complexity index is 863. The number of nitrogens with zero attached hydrogens (tertiary/aromatic N) is 2. The third-order valence-corrected chi connectivity index (χ3v) is 4.33. The van der Waals surface area contributed by atoms with Crippen LogP contribution in [0.15, 0.2) is 24.3 Å². The molecule has 0 atom stereocenters. The molecule has 10 nitrogen and oxygen atoms in total. The normalized spacial score (nSPS) is 12.8. The summed E-state index contributed by atoms with van der Waals surface area (Å²) < 4.78 is 15.5. The molecule has 1 aromatic heterocycles. The molecule has 130 valence electrons. The quantitative estimate of drug-likeness (QED) is 0.448. The second-order valence-electron chi connectivity index (χ2n) is 4.93. The van der Waals surface area contributed by atoms with E-state index in [-0.39, 0.29) is 35.6 Å². The van der Waals surface area contributed by atoms with E-state index in [1.165, 1.54) is 24.3 Å². The molecule has 3 rings (SSSR count). The molecule has 0 aliphatic carbocycles. The molecule has 25 heavy (non-hydrogen) atoms. The van der Waals surface area contributed by atoms with Crippen LogP contribution in [0.25, 0.3) is 0 Å². The first-order valence-electron chi connectivity index (χ1n) is 6.88. The largest absolute Gasteiger partial charge is 0.467 e. The number of hydrogen-bond donors (Lipinski definition) is 0. The first-order chi connectivity index (χ1) is 12.0. The average molecular weight is 366 g/mol. The van der Waals surface area contributed by atoms with Gasteiger partial charge in [0.2, 0.25) is 0 Å². The zero-order valence-corrected chi connectivity index (χ0v) is 13.3. The van der Waals surface area contributed by atoms with Crippen molar-refractivity contribution in [2.24, 2.45) is 0 Å². The van der Waals surface area contributed by atoms with Gasteiger partial charge in [0.05, 0.1) is 16.5 Å². The Balaban J connectivity index is 1.79. The van der Waals surface area contributed by atoms with E-state index in [4.69, 9.17) is 14.2 Å². The molecule has 0 saturated heterocycles. The zero-order chi connectivity index (χ0) is 18.0. The van der Waals surface area contributed by atoms with Crippen LogP contribution in [0.3, 0.4) is 0 Å². The molecule has 2 heterocycles.